The van der Waals surface area contributed by atoms with E-state index in [9.17, 15) is 15.0 Å². The lowest BCUT2D eigenvalue weighted by Gasteiger charge is -2.09. The van der Waals surface area contributed by atoms with Crippen LogP contribution in [-0.2, 0) is 6.42 Å². The molecule has 0 aliphatic rings. The van der Waals surface area contributed by atoms with Gasteiger partial charge in [-0.2, -0.15) is 0 Å². The Balaban J connectivity index is 1.93. The molecule has 0 aliphatic heterocycles. The molecular formula is C20H16O3. The highest BCUT2D eigenvalue weighted by Crippen LogP contribution is 2.27. The molecular weight excluding hydrogens is 288 g/mol. The van der Waals surface area contributed by atoms with Gasteiger partial charge >= 0.3 is 0 Å². The van der Waals surface area contributed by atoms with Gasteiger partial charge in [0.25, 0.3) is 0 Å². The highest BCUT2D eigenvalue weighted by Gasteiger charge is 2.16. The Morgan fingerprint density at radius 2 is 1.48 bits per heavy atom. The van der Waals surface area contributed by atoms with Crippen LogP contribution >= 0.6 is 0 Å². The molecule has 3 rings (SSSR count). The van der Waals surface area contributed by atoms with Crippen molar-refractivity contribution >= 4 is 5.78 Å². The molecule has 0 spiro atoms. The van der Waals surface area contributed by atoms with Crippen molar-refractivity contribution in [2.24, 2.45) is 0 Å². The van der Waals surface area contributed by atoms with Gasteiger partial charge in [-0.05, 0) is 41.5 Å². The molecule has 0 radical (unpaired) electrons. The van der Waals surface area contributed by atoms with Crippen LogP contribution < -0.4 is 0 Å². The molecule has 2 N–H and O–H groups in total. The summed E-state index contributed by atoms with van der Waals surface area (Å²) in [5.41, 5.74) is 2.47. The number of aromatic hydroxyl groups is 2. The van der Waals surface area contributed by atoms with E-state index in [2.05, 4.69) is 0 Å². The lowest BCUT2D eigenvalue weighted by atomic mass is 9.97. The first-order valence-electron chi connectivity index (χ1n) is 7.33. The highest BCUT2D eigenvalue weighted by atomic mass is 16.3. The molecule has 0 aromatic heterocycles. The molecule has 3 aromatic rings. The third kappa shape index (κ3) is 3.24. The Labute approximate surface area is 134 Å². The maximum Gasteiger partial charge on any atom is 0.196 e. The van der Waals surface area contributed by atoms with E-state index >= 15 is 0 Å². The third-order valence-corrected chi connectivity index (χ3v) is 3.73. The number of rotatable bonds is 4. The highest BCUT2D eigenvalue weighted by molar-refractivity contribution is 6.10. The lowest BCUT2D eigenvalue weighted by molar-refractivity contribution is 0.103. The van der Waals surface area contributed by atoms with Crippen molar-refractivity contribution in [3.63, 3.8) is 0 Å². The van der Waals surface area contributed by atoms with Gasteiger partial charge in [0, 0.05) is 12.0 Å². The Morgan fingerprint density at radius 3 is 2.17 bits per heavy atom. The van der Waals surface area contributed by atoms with Crippen LogP contribution in [0.15, 0.2) is 72.8 Å². The zero-order valence-electron chi connectivity index (χ0n) is 12.4. The molecule has 0 saturated heterocycles. The van der Waals surface area contributed by atoms with E-state index in [4.69, 9.17) is 0 Å². The summed E-state index contributed by atoms with van der Waals surface area (Å²) in [6.07, 6.45) is 0.559. The van der Waals surface area contributed by atoms with Gasteiger partial charge in [-0.15, -0.1) is 0 Å². The molecule has 0 fully saturated rings. The fourth-order valence-electron chi connectivity index (χ4n) is 2.50. The summed E-state index contributed by atoms with van der Waals surface area (Å²) in [6.45, 7) is 0. The van der Waals surface area contributed by atoms with Gasteiger partial charge < -0.3 is 10.2 Å². The van der Waals surface area contributed by atoms with Crippen LogP contribution in [0, 0.1) is 0 Å². The number of carbonyl (C=O) groups excluding carboxylic acids is 1. The van der Waals surface area contributed by atoms with E-state index in [-0.39, 0.29) is 22.8 Å². The number of hydrogen-bond acceptors (Lipinski definition) is 3. The Hall–Kier alpha value is -3.07. The predicted molar refractivity (Wildman–Crippen MR) is 88.9 cm³/mol. The second-order valence-electron chi connectivity index (χ2n) is 5.35. The molecule has 0 atom stereocenters. The summed E-state index contributed by atoms with van der Waals surface area (Å²) in [6, 6.07) is 21.0. The van der Waals surface area contributed by atoms with E-state index in [1.165, 1.54) is 12.1 Å². The second-order valence-corrected chi connectivity index (χ2v) is 5.35. The van der Waals surface area contributed by atoms with Gasteiger partial charge in [-0.25, -0.2) is 0 Å². The number of para-hydroxylation sites is 1. The van der Waals surface area contributed by atoms with E-state index < -0.39 is 0 Å². The first kappa shape index (κ1) is 14.9. The van der Waals surface area contributed by atoms with Crippen molar-refractivity contribution in [1.82, 2.24) is 0 Å². The average Bonchev–Trinajstić information content (AvgIpc) is 2.58. The molecule has 0 aliphatic carbocycles. The molecule has 0 bridgehead atoms. The Bertz CT molecular complexity index is 821. The topological polar surface area (TPSA) is 57.5 Å². The number of phenolic OH excluding ortho intramolecular Hbond substituents is 2. The largest absolute Gasteiger partial charge is 0.508 e. The van der Waals surface area contributed by atoms with Crippen molar-refractivity contribution in [3.05, 3.63) is 95.1 Å². The summed E-state index contributed by atoms with van der Waals surface area (Å²) in [7, 11) is 0. The quantitative estimate of drug-likeness (QED) is 0.718. The van der Waals surface area contributed by atoms with E-state index in [1.54, 1.807) is 24.3 Å². The van der Waals surface area contributed by atoms with Crippen LogP contribution in [0.2, 0.25) is 0 Å². The average molecular weight is 304 g/mol. The summed E-state index contributed by atoms with van der Waals surface area (Å²) < 4.78 is 0. The van der Waals surface area contributed by atoms with Gasteiger partial charge in [0.1, 0.15) is 11.5 Å². The SMILES string of the molecule is O=C(c1ccc(O)cc1)c1cccc(Cc2ccccc2)c1O. The van der Waals surface area contributed by atoms with Crippen LogP contribution in [0.4, 0.5) is 0 Å². The zero-order valence-corrected chi connectivity index (χ0v) is 12.4. The molecule has 3 aromatic carbocycles. The number of carbonyl (C=O) groups is 1. The van der Waals surface area contributed by atoms with Crippen molar-refractivity contribution in [3.8, 4) is 11.5 Å². The van der Waals surface area contributed by atoms with Gasteiger partial charge in [0.05, 0.1) is 5.56 Å². The Kier molecular flexibility index (Phi) is 4.11. The summed E-state index contributed by atoms with van der Waals surface area (Å²) in [4.78, 5) is 12.5. The van der Waals surface area contributed by atoms with Gasteiger partial charge in [0.2, 0.25) is 0 Å². The molecule has 0 saturated carbocycles. The smallest absolute Gasteiger partial charge is 0.196 e. The van der Waals surface area contributed by atoms with Crippen LogP contribution in [-0.4, -0.2) is 16.0 Å². The number of hydrogen-bond donors (Lipinski definition) is 2. The lowest BCUT2D eigenvalue weighted by Crippen LogP contribution is -2.03. The maximum atomic E-state index is 12.5. The van der Waals surface area contributed by atoms with Crippen molar-refractivity contribution in [2.75, 3.05) is 0 Å². The monoisotopic (exact) mass is 304 g/mol. The number of phenols is 2. The van der Waals surface area contributed by atoms with Crippen LogP contribution in [0.1, 0.15) is 27.0 Å². The van der Waals surface area contributed by atoms with E-state index in [0.717, 1.165) is 5.56 Å². The molecule has 0 amide bonds. The summed E-state index contributed by atoms with van der Waals surface area (Å²) >= 11 is 0. The summed E-state index contributed by atoms with van der Waals surface area (Å²) in [5, 5.41) is 19.8. The second kappa shape index (κ2) is 6.36. The van der Waals surface area contributed by atoms with Crippen molar-refractivity contribution in [1.29, 1.82) is 0 Å². The third-order valence-electron chi connectivity index (χ3n) is 3.73. The normalized spacial score (nSPS) is 10.4. The van der Waals surface area contributed by atoms with Gasteiger partial charge in [-0.3, -0.25) is 4.79 Å². The zero-order chi connectivity index (χ0) is 16.2. The molecule has 3 nitrogen and oxygen atoms in total. The minimum absolute atomic E-state index is 0.00873. The van der Waals surface area contributed by atoms with Gasteiger partial charge in [-0.1, -0.05) is 42.5 Å². The first-order chi connectivity index (χ1) is 11.1. The van der Waals surface area contributed by atoms with Crippen molar-refractivity contribution in [2.45, 2.75) is 6.42 Å². The maximum absolute atomic E-state index is 12.5. The van der Waals surface area contributed by atoms with E-state index in [1.807, 2.05) is 36.4 Å². The minimum atomic E-state index is -0.266. The molecule has 0 heterocycles. The van der Waals surface area contributed by atoms with Crippen LogP contribution in [0.5, 0.6) is 11.5 Å². The molecule has 3 heteroatoms. The number of benzene rings is 3. The first-order valence-corrected chi connectivity index (χ1v) is 7.33. The molecule has 114 valence electrons. The minimum Gasteiger partial charge on any atom is -0.508 e. The van der Waals surface area contributed by atoms with Crippen molar-refractivity contribution < 1.29 is 15.0 Å². The van der Waals surface area contributed by atoms with Crippen LogP contribution in [0.25, 0.3) is 0 Å². The fourth-order valence-corrected chi connectivity index (χ4v) is 2.50. The van der Waals surface area contributed by atoms with Crippen LogP contribution in [0.3, 0.4) is 0 Å². The predicted octanol–water partition coefficient (Wildman–Crippen LogP) is 3.92. The van der Waals surface area contributed by atoms with Gasteiger partial charge in [0.15, 0.2) is 5.78 Å². The van der Waals surface area contributed by atoms with E-state index in [0.29, 0.717) is 17.5 Å². The summed E-state index contributed by atoms with van der Waals surface area (Å²) in [5.74, 6) is -0.157. The standard InChI is InChI=1S/C20H16O3/c21-17-11-9-15(10-12-17)19(22)18-8-4-7-16(20(18)23)13-14-5-2-1-3-6-14/h1-12,21,23H,13H2. The number of ketones is 1. The molecule has 23 heavy (non-hydrogen) atoms. The molecule has 0 unspecified atom stereocenters. The fraction of sp³-hybridized carbons (Fsp3) is 0.0500. The Morgan fingerprint density at radius 1 is 0.783 bits per heavy atom.